The average molecular weight is 203 g/mol. The van der Waals surface area contributed by atoms with E-state index in [1.807, 2.05) is 24.3 Å². The fraction of sp³-hybridized carbons (Fsp3) is 0.417. The molecule has 1 aliphatic heterocycles. The van der Waals surface area contributed by atoms with Gasteiger partial charge in [0.1, 0.15) is 12.4 Å². The predicted molar refractivity (Wildman–Crippen MR) is 56.9 cm³/mol. The molecule has 0 saturated heterocycles. The number of carbonyl (C=O) groups is 1. The Balaban J connectivity index is 1.96. The van der Waals surface area contributed by atoms with Gasteiger partial charge in [-0.05, 0) is 25.0 Å². The Morgan fingerprint density at radius 1 is 1.27 bits per heavy atom. The Bertz CT molecular complexity index is 410. The highest BCUT2D eigenvalue weighted by atomic mass is 16.5. The van der Waals surface area contributed by atoms with Gasteiger partial charge in [-0.25, -0.2) is 0 Å². The molecule has 1 aromatic rings. The van der Waals surface area contributed by atoms with Crippen molar-refractivity contribution in [1.29, 1.82) is 0 Å². The van der Waals surface area contributed by atoms with E-state index >= 15 is 0 Å². The van der Waals surface area contributed by atoms with Crippen molar-refractivity contribution in [2.75, 3.05) is 11.9 Å². The largest absolute Gasteiger partial charge is 0.490 e. The molecule has 1 aromatic carbocycles. The molecule has 0 radical (unpaired) electrons. The van der Waals surface area contributed by atoms with Crippen molar-refractivity contribution in [3.05, 3.63) is 24.3 Å². The van der Waals surface area contributed by atoms with E-state index in [1.54, 1.807) is 0 Å². The normalized spacial score (nSPS) is 22.0. The molecule has 15 heavy (non-hydrogen) atoms. The lowest BCUT2D eigenvalue weighted by Crippen LogP contribution is -2.45. The second-order valence-corrected chi connectivity index (χ2v) is 4.37. The first-order valence-electron chi connectivity index (χ1n) is 5.33. The average Bonchev–Trinajstić information content (AvgIpc) is 2.32. The molecule has 0 aromatic heterocycles. The van der Waals surface area contributed by atoms with Gasteiger partial charge in [0.05, 0.1) is 11.1 Å². The number of para-hydroxylation sites is 2. The number of carbonyl (C=O) groups excluding carboxylic acids is 1. The minimum atomic E-state index is -0.251. The van der Waals surface area contributed by atoms with Crippen LogP contribution in [0.25, 0.3) is 0 Å². The lowest BCUT2D eigenvalue weighted by atomic mass is 9.69. The highest BCUT2D eigenvalue weighted by Gasteiger charge is 2.46. The molecule has 78 valence electrons. The van der Waals surface area contributed by atoms with Crippen LogP contribution in [-0.4, -0.2) is 12.5 Å². The number of anilines is 1. The number of amides is 1. The first-order chi connectivity index (χ1) is 7.30. The molecule has 3 heteroatoms. The summed E-state index contributed by atoms with van der Waals surface area (Å²) in [6, 6.07) is 7.60. The maximum absolute atomic E-state index is 12.0. The predicted octanol–water partition coefficient (Wildman–Crippen LogP) is 2.19. The van der Waals surface area contributed by atoms with Gasteiger partial charge in [-0.15, -0.1) is 0 Å². The summed E-state index contributed by atoms with van der Waals surface area (Å²) in [5, 5.41) is 2.95. The van der Waals surface area contributed by atoms with Crippen molar-refractivity contribution in [1.82, 2.24) is 0 Å². The lowest BCUT2D eigenvalue weighted by molar-refractivity contribution is -0.132. The molecule has 0 unspecified atom stereocenters. The molecule has 1 saturated carbocycles. The maximum atomic E-state index is 12.0. The fourth-order valence-electron chi connectivity index (χ4n) is 2.21. The van der Waals surface area contributed by atoms with Crippen molar-refractivity contribution in [3.63, 3.8) is 0 Å². The molecular weight excluding hydrogens is 190 g/mol. The summed E-state index contributed by atoms with van der Waals surface area (Å²) in [7, 11) is 0. The molecule has 1 amide bonds. The monoisotopic (exact) mass is 203 g/mol. The zero-order valence-corrected chi connectivity index (χ0v) is 8.45. The van der Waals surface area contributed by atoms with Gasteiger partial charge in [0, 0.05) is 0 Å². The molecule has 1 heterocycles. The summed E-state index contributed by atoms with van der Waals surface area (Å²) in [5.41, 5.74) is 0.547. The third-order valence-corrected chi connectivity index (χ3v) is 3.43. The molecule has 1 aliphatic carbocycles. The maximum Gasteiger partial charge on any atom is 0.234 e. The quantitative estimate of drug-likeness (QED) is 0.701. The summed E-state index contributed by atoms with van der Waals surface area (Å²) in [4.78, 5) is 12.0. The Kier molecular flexibility index (Phi) is 1.75. The number of hydrogen-bond acceptors (Lipinski definition) is 2. The minimum Gasteiger partial charge on any atom is -0.490 e. The van der Waals surface area contributed by atoms with Crippen molar-refractivity contribution >= 4 is 11.6 Å². The first-order valence-corrected chi connectivity index (χ1v) is 5.33. The van der Waals surface area contributed by atoms with Crippen molar-refractivity contribution in [2.24, 2.45) is 5.41 Å². The van der Waals surface area contributed by atoms with Crippen molar-refractivity contribution < 1.29 is 9.53 Å². The van der Waals surface area contributed by atoms with E-state index in [0.29, 0.717) is 6.61 Å². The first kappa shape index (κ1) is 8.77. The number of rotatable bonds is 0. The molecule has 1 N–H and O–H groups in total. The van der Waals surface area contributed by atoms with Gasteiger partial charge < -0.3 is 10.1 Å². The molecule has 0 atom stereocenters. The van der Waals surface area contributed by atoms with Gasteiger partial charge in [0.15, 0.2) is 0 Å². The number of fused-ring (bicyclic) bond motifs is 1. The molecule has 2 aliphatic rings. The molecule has 3 rings (SSSR count). The zero-order valence-electron chi connectivity index (χ0n) is 8.45. The highest BCUT2D eigenvalue weighted by Crippen LogP contribution is 2.44. The van der Waals surface area contributed by atoms with Crippen LogP contribution in [0.3, 0.4) is 0 Å². The van der Waals surface area contributed by atoms with Crippen LogP contribution in [0.5, 0.6) is 5.75 Å². The van der Waals surface area contributed by atoms with Crippen LogP contribution in [0, 0.1) is 5.41 Å². The van der Waals surface area contributed by atoms with Gasteiger partial charge in [-0.2, -0.15) is 0 Å². The summed E-state index contributed by atoms with van der Waals surface area (Å²) >= 11 is 0. The summed E-state index contributed by atoms with van der Waals surface area (Å²) in [6.07, 6.45) is 3.03. The van der Waals surface area contributed by atoms with Crippen molar-refractivity contribution in [2.45, 2.75) is 19.3 Å². The van der Waals surface area contributed by atoms with E-state index < -0.39 is 0 Å². The summed E-state index contributed by atoms with van der Waals surface area (Å²) in [6.45, 7) is 0.524. The van der Waals surface area contributed by atoms with Crippen LogP contribution < -0.4 is 10.1 Å². The van der Waals surface area contributed by atoms with Gasteiger partial charge in [-0.1, -0.05) is 18.6 Å². The number of hydrogen-bond donors (Lipinski definition) is 1. The Hall–Kier alpha value is -1.51. The smallest absolute Gasteiger partial charge is 0.234 e. The Labute approximate surface area is 88.4 Å². The van der Waals surface area contributed by atoms with E-state index in [-0.39, 0.29) is 11.3 Å². The fourth-order valence-corrected chi connectivity index (χ4v) is 2.21. The molecular formula is C12H13NO2. The number of ether oxygens (including phenoxy) is 1. The van der Waals surface area contributed by atoms with E-state index in [1.165, 1.54) is 0 Å². The second-order valence-electron chi connectivity index (χ2n) is 4.37. The van der Waals surface area contributed by atoms with E-state index in [9.17, 15) is 4.79 Å². The summed E-state index contributed by atoms with van der Waals surface area (Å²) < 4.78 is 5.69. The second kappa shape index (κ2) is 2.99. The zero-order chi connectivity index (χ0) is 10.3. The van der Waals surface area contributed by atoms with Gasteiger partial charge in [0.2, 0.25) is 5.91 Å². The topological polar surface area (TPSA) is 38.3 Å². The van der Waals surface area contributed by atoms with Crippen LogP contribution in [0.1, 0.15) is 19.3 Å². The third-order valence-electron chi connectivity index (χ3n) is 3.43. The molecule has 1 fully saturated rings. The van der Waals surface area contributed by atoms with E-state index in [2.05, 4.69) is 5.32 Å². The van der Waals surface area contributed by atoms with E-state index in [0.717, 1.165) is 30.7 Å². The third kappa shape index (κ3) is 1.23. The van der Waals surface area contributed by atoms with Crippen LogP contribution in [0.4, 0.5) is 5.69 Å². The minimum absolute atomic E-state index is 0.124. The molecule has 1 spiro atoms. The number of nitrogens with one attached hydrogen (secondary N) is 1. The van der Waals surface area contributed by atoms with Gasteiger partial charge in [0.25, 0.3) is 0 Å². The van der Waals surface area contributed by atoms with Gasteiger partial charge in [-0.3, -0.25) is 4.79 Å². The van der Waals surface area contributed by atoms with Crippen LogP contribution in [-0.2, 0) is 4.79 Å². The summed E-state index contributed by atoms with van der Waals surface area (Å²) in [5.74, 6) is 0.910. The Morgan fingerprint density at radius 2 is 2.07 bits per heavy atom. The Morgan fingerprint density at radius 3 is 2.80 bits per heavy atom. The number of benzene rings is 1. The van der Waals surface area contributed by atoms with Crippen molar-refractivity contribution in [3.8, 4) is 5.75 Å². The van der Waals surface area contributed by atoms with Crippen LogP contribution >= 0.6 is 0 Å². The molecule has 0 bridgehead atoms. The van der Waals surface area contributed by atoms with Gasteiger partial charge >= 0.3 is 0 Å². The molecule has 3 nitrogen and oxygen atoms in total. The van der Waals surface area contributed by atoms with Crippen LogP contribution in [0.2, 0.25) is 0 Å². The van der Waals surface area contributed by atoms with Crippen LogP contribution in [0.15, 0.2) is 24.3 Å². The SMILES string of the molecule is O=C1Nc2ccccc2OCC12CCC2. The lowest BCUT2D eigenvalue weighted by Gasteiger charge is -2.37. The highest BCUT2D eigenvalue weighted by molar-refractivity contribution is 5.97. The standard InChI is InChI=1S/C12H13NO2/c14-11-12(6-3-7-12)8-15-10-5-2-1-4-9(10)13-11/h1-2,4-5H,3,6-8H2,(H,13,14). The van der Waals surface area contributed by atoms with E-state index in [4.69, 9.17) is 4.74 Å².